The molecule has 0 spiro atoms. The maximum Gasteiger partial charge on any atom is 0.252 e. The Balaban J connectivity index is 2.86. The van der Waals surface area contributed by atoms with E-state index in [4.69, 9.17) is 11.6 Å². The number of carbonyl (C=O) groups is 1. The molecule has 2 nitrogen and oxygen atoms in total. The van der Waals surface area contributed by atoms with Crippen molar-refractivity contribution in [2.75, 3.05) is 5.88 Å². The molecule has 0 aromatic heterocycles. The van der Waals surface area contributed by atoms with Crippen LogP contribution in [0.1, 0.15) is 29.8 Å². The standard InChI is InChI=1S/C13H17BrClNO/c1-8(2)11(7-15)16-13(17)10-6-4-5-9(3)12(10)14/h4-6,8,11H,7H2,1-3H3,(H,16,17). The largest absolute Gasteiger partial charge is 0.348 e. The fourth-order valence-corrected chi connectivity index (χ4v) is 2.33. The van der Waals surface area contributed by atoms with Crippen molar-refractivity contribution in [1.29, 1.82) is 0 Å². The normalized spacial score (nSPS) is 12.6. The van der Waals surface area contributed by atoms with Crippen molar-refractivity contribution in [3.63, 3.8) is 0 Å². The predicted octanol–water partition coefficient (Wildman–Crippen LogP) is 3.75. The Kier molecular flexibility index (Phi) is 5.47. The first kappa shape index (κ1) is 14.5. The first-order valence-electron chi connectivity index (χ1n) is 5.59. The lowest BCUT2D eigenvalue weighted by molar-refractivity contribution is 0.0930. The Labute approximate surface area is 116 Å². The van der Waals surface area contributed by atoms with Gasteiger partial charge >= 0.3 is 0 Å². The second-order valence-corrected chi connectivity index (χ2v) is 5.52. The molecular weight excluding hydrogens is 302 g/mol. The van der Waals surface area contributed by atoms with E-state index in [2.05, 4.69) is 21.2 Å². The number of hydrogen-bond donors (Lipinski definition) is 1. The highest BCUT2D eigenvalue weighted by Crippen LogP contribution is 2.21. The van der Waals surface area contributed by atoms with Crippen LogP contribution in [-0.4, -0.2) is 17.8 Å². The van der Waals surface area contributed by atoms with Gasteiger partial charge in [-0.05, 0) is 40.4 Å². The van der Waals surface area contributed by atoms with E-state index in [1.165, 1.54) is 0 Å². The molecule has 0 aliphatic heterocycles. The minimum absolute atomic E-state index is 0.00317. The van der Waals surface area contributed by atoms with Crippen LogP contribution in [-0.2, 0) is 0 Å². The summed E-state index contributed by atoms with van der Waals surface area (Å²) in [5.74, 6) is 0.660. The molecule has 0 bridgehead atoms. The Hall–Kier alpha value is -0.540. The number of amides is 1. The highest BCUT2D eigenvalue weighted by Gasteiger charge is 2.18. The molecule has 1 amide bonds. The van der Waals surface area contributed by atoms with Gasteiger partial charge in [-0.15, -0.1) is 11.6 Å². The molecule has 0 aliphatic carbocycles. The highest BCUT2D eigenvalue weighted by atomic mass is 79.9. The van der Waals surface area contributed by atoms with Gasteiger partial charge in [-0.1, -0.05) is 26.0 Å². The first-order valence-corrected chi connectivity index (χ1v) is 6.92. The van der Waals surface area contributed by atoms with Crippen LogP contribution in [0.25, 0.3) is 0 Å². The minimum atomic E-state index is -0.0834. The van der Waals surface area contributed by atoms with Gasteiger partial charge in [-0.25, -0.2) is 0 Å². The second-order valence-electron chi connectivity index (χ2n) is 4.41. The molecule has 4 heteroatoms. The predicted molar refractivity (Wildman–Crippen MR) is 75.7 cm³/mol. The molecule has 0 heterocycles. The maximum atomic E-state index is 12.1. The zero-order valence-corrected chi connectivity index (χ0v) is 12.6. The molecule has 0 saturated carbocycles. The van der Waals surface area contributed by atoms with Crippen molar-refractivity contribution in [1.82, 2.24) is 5.32 Å². The zero-order valence-electron chi connectivity index (χ0n) is 10.3. The molecule has 1 unspecified atom stereocenters. The molecule has 94 valence electrons. The van der Waals surface area contributed by atoms with Crippen molar-refractivity contribution in [2.24, 2.45) is 5.92 Å². The van der Waals surface area contributed by atoms with Crippen molar-refractivity contribution in [3.05, 3.63) is 33.8 Å². The third kappa shape index (κ3) is 3.71. The van der Waals surface area contributed by atoms with Gasteiger partial charge < -0.3 is 5.32 Å². The molecule has 0 aliphatic rings. The number of nitrogens with one attached hydrogen (secondary N) is 1. The molecule has 0 saturated heterocycles. The Morgan fingerprint density at radius 2 is 2.12 bits per heavy atom. The van der Waals surface area contributed by atoms with Crippen LogP contribution >= 0.6 is 27.5 Å². The number of benzene rings is 1. The lowest BCUT2D eigenvalue weighted by Crippen LogP contribution is -2.40. The molecule has 17 heavy (non-hydrogen) atoms. The maximum absolute atomic E-state index is 12.1. The quantitative estimate of drug-likeness (QED) is 0.842. The summed E-state index contributed by atoms with van der Waals surface area (Å²) >= 11 is 9.27. The van der Waals surface area contributed by atoms with E-state index in [1.54, 1.807) is 6.07 Å². The summed E-state index contributed by atoms with van der Waals surface area (Å²) in [6.07, 6.45) is 0. The third-order valence-corrected chi connectivity index (χ3v) is 4.11. The SMILES string of the molecule is Cc1cccc(C(=O)NC(CCl)C(C)C)c1Br. The van der Waals surface area contributed by atoms with Gasteiger partial charge in [0.1, 0.15) is 0 Å². The summed E-state index contributed by atoms with van der Waals surface area (Å²) in [4.78, 5) is 12.1. The molecule has 1 atom stereocenters. The zero-order chi connectivity index (χ0) is 13.0. The number of halogens is 2. The van der Waals surface area contributed by atoms with E-state index in [9.17, 15) is 4.79 Å². The summed E-state index contributed by atoms with van der Waals surface area (Å²) < 4.78 is 0.842. The van der Waals surface area contributed by atoms with Gasteiger partial charge in [-0.2, -0.15) is 0 Å². The Bertz CT molecular complexity index is 406. The lowest BCUT2D eigenvalue weighted by Gasteiger charge is -2.20. The molecule has 1 N–H and O–H groups in total. The van der Waals surface area contributed by atoms with Crippen molar-refractivity contribution < 1.29 is 4.79 Å². The first-order chi connectivity index (χ1) is 7.97. The fourth-order valence-electron chi connectivity index (χ4n) is 1.45. The van der Waals surface area contributed by atoms with E-state index < -0.39 is 0 Å². The average Bonchev–Trinajstić information content (AvgIpc) is 2.28. The number of alkyl halides is 1. The number of aryl methyl sites for hydroxylation is 1. The van der Waals surface area contributed by atoms with Crippen LogP contribution < -0.4 is 5.32 Å². The summed E-state index contributed by atoms with van der Waals surface area (Å²) in [6.45, 7) is 6.04. The summed E-state index contributed by atoms with van der Waals surface area (Å²) in [5.41, 5.74) is 1.70. The van der Waals surface area contributed by atoms with E-state index in [-0.39, 0.29) is 11.9 Å². The van der Waals surface area contributed by atoms with Crippen LogP contribution in [0.4, 0.5) is 0 Å². The van der Waals surface area contributed by atoms with Crippen LogP contribution in [0.2, 0.25) is 0 Å². The Morgan fingerprint density at radius 3 is 2.65 bits per heavy atom. The van der Waals surface area contributed by atoms with E-state index in [1.807, 2.05) is 32.9 Å². The minimum Gasteiger partial charge on any atom is -0.348 e. The van der Waals surface area contributed by atoms with Crippen LogP contribution in [0.5, 0.6) is 0 Å². The average molecular weight is 319 g/mol. The molecule has 1 aromatic carbocycles. The van der Waals surface area contributed by atoms with Gasteiger partial charge in [0.25, 0.3) is 5.91 Å². The van der Waals surface area contributed by atoms with Crippen LogP contribution in [0.3, 0.4) is 0 Å². The molecule has 0 fully saturated rings. The number of carbonyl (C=O) groups excluding carboxylic acids is 1. The molecule has 1 aromatic rings. The van der Waals surface area contributed by atoms with E-state index in [0.717, 1.165) is 10.0 Å². The number of rotatable bonds is 4. The smallest absolute Gasteiger partial charge is 0.252 e. The van der Waals surface area contributed by atoms with E-state index in [0.29, 0.717) is 17.4 Å². The van der Waals surface area contributed by atoms with Gasteiger partial charge in [0, 0.05) is 16.4 Å². The topological polar surface area (TPSA) is 29.1 Å². The van der Waals surface area contributed by atoms with Crippen molar-refractivity contribution in [2.45, 2.75) is 26.8 Å². The molecule has 0 radical (unpaired) electrons. The highest BCUT2D eigenvalue weighted by molar-refractivity contribution is 9.10. The monoisotopic (exact) mass is 317 g/mol. The van der Waals surface area contributed by atoms with Gasteiger partial charge in [0.05, 0.1) is 5.56 Å². The van der Waals surface area contributed by atoms with Crippen LogP contribution in [0, 0.1) is 12.8 Å². The van der Waals surface area contributed by atoms with Gasteiger partial charge in [0.15, 0.2) is 0 Å². The fraction of sp³-hybridized carbons (Fsp3) is 0.462. The van der Waals surface area contributed by atoms with Crippen LogP contribution in [0.15, 0.2) is 22.7 Å². The van der Waals surface area contributed by atoms with Gasteiger partial charge in [-0.3, -0.25) is 4.79 Å². The van der Waals surface area contributed by atoms with E-state index >= 15 is 0 Å². The van der Waals surface area contributed by atoms with Crippen molar-refractivity contribution in [3.8, 4) is 0 Å². The summed E-state index contributed by atoms with van der Waals surface area (Å²) in [5, 5.41) is 2.95. The lowest BCUT2D eigenvalue weighted by atomic mass is 10.1. The molecule has 1 rings (SSSR count). The summed E-state index contributed by atoms with van der Waals surface area (Å²) in [6, 6.07) is 5.64. The Morgan fingerprint density at radius 1 is 1.47 bits per heavy atom. The number of hydrogen-bond acceptors (Lipinski definition) is 1. The third-order valence-electron chi connectivity index (χ3n) is 2.72. The molecular formula is C13H17BrClNO. The second kappa shape index (κ2) is 6.41. The van der Waals surface area contributed by atoms with Gasteiger partial charge in [0.2, 0.25) is 0 Å². The van der Waals surface area contributed by atoms with Crippen molar-refractivity contribution >= 4 is 33.4 Å². The summed E-state index contributed by atoms with van der Waals surface area (Å²) in [7, 11) is 0.